The molecule has 16 heavy (non-hydrogen) atoms. The van der Waals surface area contributed by atoms with Crippen LogP contribution in [0.5, 0.6) is 0 Å². The van der Waals surface area contributed by atoms with Crippen LogP contribution >= 0.6 is 22.6 Å². The summed E-state index contributed by atoms with van der Waals surface area (Å²) in [6.07, 6.45) is 0. The van der Waals surface area contributed by atoms with Gasteiger partial charge < -0.3 is 10.2 Å². The Balaban J connectivity index is 2.44. The van der Waals surface area contributed by atoms with Crippen LogP contribution in [-0.4, -0.2) is 37.5 Å². The van der Waals surface area contributed by atoms with Gasteiger partial charge in [0.25, 0.3) is 5.91 Å². The van der Waals surface area contributed by atoms with E-state index in [1.54, 1.807) is 0 Å². The van der Waals surface area contributed by atoms with Crippen molar-refractivity contribution in [1.29, 1.82) is 0 Å². The molecule has 1 aromatic carbocycles. The molecule has 1 aromatic rings. The third-order valence-corrected chi connectivity index (χ3v) is 3.38. The van der Waals surface area contributed by atoms with Crippen molar-refractivity contribution in [3.63, 3.8) is 0 Å². The molecule has 1 amide bonds. The number of nitrogens with one attached hydrogen (secondary N) is 1. The molecule has 3 nitrogen and oxygen atoms in total. The molecule has 0 aromatic heterocycles. The van der Waals surface area contributed by atoms with Crippen molar-refractivity contribution in [2.75, 3.05) is 26.7 Å². The lowest BCUT2D eigenvalue weighted by Gasteiger charge is -2.14. The van der Waals surface area contributed by atoms with Crippen LogP contribution in [0.3, 0.4) is 0 Å². The molecule has 4 heteroatoms. The van der Waals surface area contributed by atoms with Crippen LogP contribution < -0.4 is 5.32 Å². The highest BCUT2D eigenvalue weighted by molar-refractivity contribution is 14.1. The standard InChI is InChI=1S/C12H17IN2O/c1-3-15(2)9-8-14-12(16)10-6-4-5-7-11(10)13/h4-7H,3,8-9H2,1-2H3,(H,14,16). The topological polar surface area (TPSA) is 32.3 Å². The summed E-state index contributed by atoms with van der Waals surface area (Å²) in [6.45, 7) is 4.67. The van der Waals surface area contributed by atoms with Crippen molar-refractivity contribution in [2.24, 2.45) is 0 Å². The molecule has 0 radical (unpaired) electrons. The van der Waals surface area contributed by atoms with Gasteiger partial charge in [0.05, 0.1) is 5.56 Å². The van der Waals surface area contributed by atoms with Crippen molar-refractivity contribution in [2.45, 2.75) is 6.92 Å². The molecular formula is C12H17IN2O. The molecule has 0 saturated heterocycles. The van der Waals surface area contributed by atoms with E-state index in [-0.39, 0.29) is 5.91 Å². The minimum absolute atomic E-state index is 0.00880. The van der Waals surface area contributed by atoms with E-state index in [4.69, 9.17) is 0 Å². The first-order valence-corrected chi connectivity index (χ1v) is 6.44. The zero-order chi connectivity index (χ0) is 12.0. The minimum atomic E-state index is 0.00880. The smallest absolute Gasteiger partial charge is 0.252 e. The molecule has 0 spiro atoms. The molecule has 0 heterocycles. The SMILES string of the molecule is CCN(C)CCNC(=O)c1ccccc1I. The van der Waals surface area contributed by atoms with Crippen LogP contribution in [0, 0.1) is 3.57 Å². The van der Waals surface area contributed by atoms with Gasteiger partial charge in [-0.3, -0.25) is 4.79 Å². The molecule has 1 rings (SSSR count). The highest BCUT2D eigenvalue weighted by Gasteiger charge is 2.07. The minimum Gasteiger partial charge on any atom is -0.351 e. The number of halogens is 1. The number of amides is 1. The first-order chi connectivity index (χ1) is 7.65. The quantitative estimate of drug-likeness (QED) is 0.837. The van der Waals surface area contributed by atoms with Gasteiger partial charge >= 0.3 is 0 Å². The van der Waals surface area contributed by atoms with Gasteiger partial charge in [-0.1, -0.05) is 19.1 Å². The average molecular weight is 332 g/mol. The Morgan fingerprint density at radius 2 is 2.12 bits per heavy atom. The molecule has 88 valence electrons. The van der Waals surface area contributed by atoms with Crippen molar-refractivity contribution in [1.82, 2.24) is 10.2 Å². The van der Waals surface area contributed by atoms with Crippen LogP contribution in [0.15, 0.2) is 24.3 Å². The van der Waals surface area contributed by atoms with Crippen LogP contribution in [0.4, 0.5) is 0 Å². The summed E-state index contributed by atoms with van der Waals surface area (Å²) < 4.78 is 0.987. The molecule has 0 fully saturated rings. The van der Waals surface area contributed by atoms with Crippen LogP contribution in [0.1, 0.15) is 17.3 Å². The summed E-state index contributed by atoms with van der Waals surface area (Å²) in [5.41, 5.74) is 0.752. The molecule has 0 aliphatic carbocycles. The zero-order valence-corrected chi connectivity index (χ0v) is 11.8. The summed E-state index contributed by atoms with van der Waals surface area (Å²) in [5, 5.41) is 2.92. The van der Waals surface area contributed by atoms with Crippen LogP contribution in [0.25, 0.3) is 0 Å². The Labute approximate surface area is 110 Å². The van der Waals surface area contributed by atoms with E-state index in [9.17, 15) is 4.79 Å². The Bertz CT molecular complexity index is 355. The second-order valence-electron chi connectivity index (χ2n) is 3.63. The third-order valence-electron chi connectivity index (χ3n) is 2.44. The number of hydrogen-bond donors (Lipinski definition) is 1. The molecule has 0 atom stereocenters. The van der Waals surface area contributed by atoms with Gasteiger partial charge in [-0.05, 0) is 48.3 Å². The summed E-state index contributed by atoms with van der Waals surface area (Å²) >= 11 is 2.18. The van der Waals surface area contributed by atoms with E-state index in [0.29, 0.717) is 6.54 Å². The van der Waals surface area contributed by atoms with Gasteiger partial charge in [0.1, 0.15) is 0 Å². The molecule has 0 unspecified atom stereocenters. The van der Waals surface area contributed by atoms with E-state index in [1.165, 1.54) is 0 Å². The summed E-state index contributed by atoms with van der Waals surface area (Å²) in [4.78, 5) is 14.0. The van der Waals surface area contributed by atoms with Gasteiger partial charge in [-0.25, -0.2) is 0 Å². The number of nitrogens with zero attached hydrogens (tertiary/aromatic N) is 1. The zero-order valence-electron chi connectivity index (χ0n) is 9.66. The van der Waals surface area contributed by atoms with Gasteiger partial charge in [0.2, 0.25) is 0 Å². The maximum Gasteiger partial charge on any atom is 0.252 e. The number of likely N-dealkylation sites (N-methyl/N-ethyl adjacent to an activating group) is 1. The Hall–Kier alpha value is -0.620. The lowest BCUT2D eigenvalue weighted by molar-refractivity contribution is 0.0949. The fourth-order valence-corrected chi connectivity index (χ4v) is 1.89. The van der Waals surface area contributed by atoms with E-state index in [2.05, 4.69) is 39.7 Å². The largest absolute Gasteiger partial charge is 0.351 e. The van der Waals surface area contributed by atoms with Gasteiger partial charge in [-0.15, -0.1) is 0 Å². The molecule has 1 N–H and O–H groups in total. The average Bonchev–Trinajstić information content (AvgIpc) is 2.29. The summed E-state index contributed by atoms with van der Waals surface area (Å²) in [7, 11) is 2.04. The number of benzene rings is 1. The van der Waals surface area contributed by atoms with Crippen molar-refractivity contribution >= 4 is 28.5 Å². The predicted octanol–water partition coefficient (Wildman–Crippen LogP) is 1.97. The highest BCUT2D eigenvalue weighted by atomic mass is 127. The van der Waals surface area contributed by atoms with Crippen LogP contribution in [0.2, 0.25) is 0 Å². The number of rotatable bonds is 5. The fourth-order valence-electron chi connectivity index (χ4n) is 1.26. The Kier molecular flexibility index (Phi) is 5.76. The van der Waals surface area contributed by atoms with E-state index >= 15 is 0 Å². The highest BCUT2D eigenvalue weighted by Crippen LogP contribution is 2.10. The lowest BCUT2D eigenvalue weighted by Crippen LogP contribution is -2.33. The fraction of sp³-hybridized carbons (Fsp3) is 0.417. The van der Waals surface area contributed by atoms with Crippen molar-refractivity contribution in [3.05, 3.63) is 33.4 Å². The molecule has 0 saturated carbocycles. The lowest BCUT2D eigenvalue weighted by atomic mass is 10.2. The number of carbonyl (C=O) groups is 1. The Morgan fingerprint density at radius 3 is 2.75 bits per heavy atom. The third kappa shape index (κ3) is 4.09. The maximum atomic E-state index is 11.8. The normalized spacial score (nSPS) is 10.5. The summed E-state index contributed by atoms with van der Waals surface area (Å²) in [6, 6.07) is 7.60. The van der Waals surface area contributed by atoms with Gasteiger partial charge in [-0.2, -0.15) is 0 Å². The van der Waals surface area contributed by atoms with Crippen molar-refractivity contribution < 1.29 is 4.79 Å². The summed E-state index contributed by atoms with van der Waals surface area (Å²) in [5.74, 6) is 0.00880. The molecular weight excluding hydrogens is 315 g/mol. The Morgan fingerprint density at radius 1 is 1.44 bits per heavy atom. The second kappa shape index (κ2) is 6.85. The van der Waals surface area contributed by atoms with E-state index in [0.717, 1.165) is 22.2 Å². The number of hydrogen-bond acceptors (Lipinski definition) is 2. The maximum absolute atomic E-state index is 11.8. The predicted molar refractivity (Wildman–Crippen MR) is 74.7 cm³/mol. The van der Waals surface area contributed by atoms with Crippen molar-refractivity contribution in [3.8, 4) is 0 Å². The van der Waals surface area contributed by atoms with Gasteiger partial charge in [0.15, 0.2) is 0 Å². The van der Waals surface area contributed by atoms with Gasteiger partial charge in [0, 0.05) is 16.7 Å². The molecule has 0 aliphatic rings. The van der Waals surface area contributed by atoms with Crippen LogP contribution in [-0.2, 0) is 0 Å². The number of carbonyl (C=O) groups excluding carboxylic acids is 1. The van der Waals surface area contributed by atoms with E-state index in [1.807, 2.05) is 31.3 Å². The molecule has 0 aliphatic heterocycles. The second-order valence-corrected chi connectivity index (χ2v) is 4.79. The van der Waals surface area contributed by atoms with E-state index < -0.39 is 0 Å². The molecule has 0 bridgehead atoms. The monoisotopic (exact) mass is 332 g/mol. The first kappa shape index (κ1) is 13.4. The first-order valence-electron chi connectivity index (χ1n) is 5.36.